The van der Waals surface area contributed by atoms with E-state index < -0.39 is 5.60 Å². The fourth-order valence-corrected chi connectivity index (χ4v) is 4.73. The molecule has 1 aliphatic rings. The van der Waals surface area contributed by atoms with Crippen LogP contribution in [0.4, 0.5) is 0 Å². The van der Waals surface area contributed by atoms with E-state index in [0.717, 1.165) is 43.7 Å². The molecular weight excluding hydrogens is 424 g/mol. The van der Waals surface area contributed by atoms with E-state index in [4.69, 9.17) is 4.74 Å². The molecule has 2 aromatic rings. The maximum Gasteiger partial charge on any atom is 0.306 e. The van der Waals surface area contributed by atoms with E-state index in [-0.39, 0.29) is 17.8 Å². The number of likely N-dealkylation sites (tertiary alicyclic amines) is 1. The summed E-state index contributed by atoms with van der Waals surface area (Å²) in [6.07, 6.45) is 1.29. The Morgan fingerprint density at radius 1 is 1.03 bits per heavy atom. The Labute approximate surface area is 206 Å². The van der Waals surface area contributed by atoms with E-state index in [9.17, 15) is 9.59 Å². The zero-order chi connectivity index (χ0) is 25.1. The minimum absolute atomic E-state index is 0.0256. The van der Waals surface area contributed by atoms with Crippen molar-refractivity contribution < 1.29 is 14.3 Å². The Balaban J connectivity index is 0.000000248. The molecule has 0 bridgehead atoms. The lowest BCUT2D eigenvalue weighted by Crippen LogP contribution is -2.50. The molecule has 5 nitrogen and oxygen atoms in total. The normalized spacial score (nSPS) is 21.3. The minimum Gasteiger partial charge on any atom is -0.454 e. The highest BCUT2D eigenvalue weighted by Crippen LogP contribution is 2.40. The molecule has 34 heavy (non-hydrogen) atoms. The van der Waals surface area contributed by atoms with Crippen LogP contribution in [-0.2, 0) is 15.1 Å². The average molecular weight is 467 g/mol. The number of ether oxygens (including phenoxy) is 1. The summed E-state index contributed by atoms with van der Waals surface area (Å²) < 4.78 is 5.91. The predicted octanol–water partition coefficient (Wildman–Crippen LogP) is 5.41. The van der Waals surface area contributed by atoms with Crippen molar-refractivity contribution in [2.75, 3.05) is 33.2 Å². The van der Waals surface area contributed by atoms with Crippen molar-refractivity contribution in [1.82, 2.24) is 9.80 Å². The maximum absolute atomic E-state index is 12.1. The van der Waals surface area contributed by atoms with Gasteiger partial charge in [-0.2, -0.15) is 0 Å². The molecule has 0 saturated carbocycles. The lowest BCUT2D eigenvalue weighted by molar-refractivity contribution is -0.174. The lowest BCUT2D eigenvalue weighted by atomic mass is 9.76. The Morgan fingerprint density at radius 2 is 1.59 bits per heavy atom. The Hall–Kier alpha value is -2.50. The van der Waals surface area contributed by atoms with Crippen LogP contribution < -0.4 is 0 Å². The first kappa shape index (κ1) is 27.7. The van der Waals surface area contributed by atoms with Gasteiger partial charge >= 0.3 is 5.97 Å². The summed E-state index contributed by atoms with van der Waals surface area (Å²) in [5, 5.41) is 0. The van der Waals surface area contributed by atoms with Crippen molar-refractivity contribution in [3.05, 3.63) is 71.8 Å². The van der Waals surface area contributed by atoms with Gasteiger partial charge in [0.15, 0.2) is 5.78 Å². The van der Waals surface area contributed by atoms with Crippen molar-refractivity contribution >= 4 is 11.8 Å². The smallest absolute Gasteiger partial charge is 0.306 e. The van der Waals surface area contributed by atoms with E-state index >= 15 is 0 Å². The van der Waals surface area contributed by atoms with Crippen LogP contribution in [0.25, 0.3) is 0 Å². The third kappa shape index (κ3) is 7.00. The van der Waals surface area contributed by atoms with Gasteiger partial charge in [-0.15, -0.1) is 0 Å². The van der Waals surface area contributed by atoms with Gasteiger partial charge in [0, 0.05) is 37.4 Å². The van der Waals surface area contributed by atoms with Gasteiger partial charge in [-0.25, -0.2) is 0 Å². The van der Waals surface area contributed by atoms with E-state index in [1.54, 1.807) is 0 Å². The Bertz CT molecular complexity index is 883. The van der Waals surface area contributed by atoms with Gasteiger partial charge in [-0.05, 0) is 32.6 Å². The fraction of sp³-hybridized carbons (Fsp3) is 0.517. The first-order valence-corrected chi connectivity index (χ1v) is 12.6. The molecule has 3 atom stereocenters. The van der Waals surface area contributed by atoms with Crippen LogP contribution in [0.5, 0.6) is 0 Å². The van der Waals surface area contributed by atoms with Gasteiger partial charge in [0.25, 0.3) is 0 Å². The summed E-state index contributed by atoms with van der Waals surface area (Å²) in [6.45, 7) is 13.9. The van der Waals surface area contributed by atoms with Gasteiger partial charge in [0.1, 0.15) is 5.60 Å². The largest absolute Gasteiger partial charge is 0.454 e. The molecule has 0 amide bonds. The molecule has 3 rings (SSSR count). The van der Waals surface area contributed by atoms with Gasteiger partial charge in [-0.3, -0.25) is 14.5 Å². The number of nitrogens with zero attached hydrogens (tertiary/aromatic N) is 2. The van der Waals surface area contributed by atoms with E-state index in [2.05, 4.69) is 49.8 Å². The van der Waals surface area contributed by atoms with Gasteiger partial charge in [0.05, 0.1) is 6.04 Å². The SMILES string of the molecule is CCC(=O)O[C@]1(c2ccccc2)CCN(C)C[C@@H]1C.CCN(CC)C(C)C(=O)c1ccccc1. The van der Waals surface area contributed by atoms with Crippen molar-refractivity contribution in [3.8, 4) is 0 Å². The third-order valence-corrected chi connectivity index (χ3v) is 6.89. The Kier molecular flexibility index (Phi) is 10.9. The van der Waals surface area contributed by atoms with Gasteiger partial charge in [0.2, 0.25) is 0 Å². The number of carbonyl (C=O) groups is 2. The molecule has 0 spiro atoms. The zero-order valence-electron chi connectivity index (χ0n) is 21.8. The van der Waals surface area contributed by atoms with Gasteiger partial charge in [-0.1, -0.05) is 88.4 Å². The summed E-state index contributed by atoms with van der Waals surface area (Å²) in [7, 11) is 2.12. The molecule has 1 aliphatic heterocycles. The average Bonchev–Trinajstić information content (AvgIpc) is 2.87. The van der Waals surface area contributed by atoms with Crippen LogP contribution >= 0.6 is 0 Å². The highest BCUT2D eigenvalue weighted by molar-refractivity contribution is 5.99. The van der Waals surface area contributed by atoms with Crippen molar-refractivity contribution in [2.45, 2.75) is 59.1 Å². The third-order valence-electron chi connectivity index (χ3n) is 6.89. The standard InChI is InChI=1S/C16H23NO2.C13H19NO/c1-4-15(18)19-16(14-8-6-5-7-9-14)10-11-17(3)12-13(16)2;1-4-14(5-2)11(3)13(15)12-9-7-6-8-10-12/h5-9,13H,4,10-12H2,1-3H3;6-11H,4-5H2,1-3H3/t13-,16+;/m0./s1. The molecule has 0 N–H and O–H groups in total. The van der Waals surface area contributed by atoms with Crippen LogP contribution in [-0.4, -0.2) is 60.8 Å². The molecule has 1 saturated heterocycles. The summed E-state index contributed by atoms with van der Waals surface area (Å²) in [4.78, 5) is 28.4. The number of hydrogen-bond acceptors (Lipinski definition) is 5. The second kappa shape index (κ2) is 13.4. The van der Waals surface area contributed by atoms with Crippen LogP contribution in [0, 0.1) is 5.92 Å². The summed E-state index contributed by atoms with van der Waals surface area (Å²) in [6, 6.07) is 19.6. The zero-order valence-corrected chi connectivity index (χ0v) is 21.8. The minimum atomic E-state index is -0.457. The number of likely N-dealkylation sites (N-methyl/N-ethyl adjacent to an activating group) is 1. The maximum atomic E-state index is 12.1. The number of hydrogen-bond donors (Lipinski definition) is 0. The number of ketones is 1. The molecule has 1 heterocycles. The number of esters is 1. The Morgan fingerprint density at radius 3 is 2.09 bits per heavy atom. The highest BCUT2D eigenvalue weighted by atomic mass is 16.6. The molecular formula is C29H42N2O3. The summed E-state index contributed by atoms with van der Waals surface area (Å²) >= 11 is 0. The van der Waals surface area contributed by atoms with Crippen LogP contribution in [0.15, 0.2) is 60.7 Å². The predicted molar refractivity (Wildman–Crippen MR) is 139 cm³/mol. The fourth-order valence-electron chi connectivity index (χ4n) is 4.73. The summed E-state index contributed by atoms with van der Waals surface area (Å²) in [5.41, 5.74) is 1.47. The molecule has 0 aromatic heterocycles. The highest BCUT2D eigenvalue weighted by Gasteiger charge is 2.44. The second-order valence-corrected chi connectivity index (χ2v) is 9.12. The molecule has 0 radical (unpaired) electrons. The molecule has 1 fully saturated rings. The van der Waals surface area contributed by atoms with Crippen molar-refractivity contribution in [2.24, 2.45) is 5.92 Å². The first-order chi connectivity index (χ1) is 16.3. The van der Waals surface area contributed by atoms with Crippen molar-refractivity contribution in [3.63, 3.8) is 0 Å². The quantitative estimate of drug-likeness (QED) is 0.385. The van der Waals surface area contributed by atoms with Crippen LogP contribution in [0.1, 0.15) is 63.4 Å². The summed E-state index contributed by atoms with van der Waals surface area (Å²) in [5.74, 6) is 0.392. The number of piperidine rings is 1. The molecule has 1 unspecified atom stereocenters. The number of carbonyl (C=O) groups excluding carboxylic acids is 2. The molecule has 0 aliphatic carbocycles. The lowest BCUT2D eigenvalue weighted by Gasteiger charge is -2.45. The van der Waals surface area contributed by atoms with Crippen LogP contribution in [0.3, 0.4) is 0 Å². The topological polar surface area (TPSA) is 49.9 Å². The molecule has 2 aromatic carbocycles. The van der Waals surface area contributed by atoms with E-state index in [0.29, 0.717) is 12.3 Å². The molecule has 5 heteroatoms. The molecule has 186 valence electrons. The van der Waals surface area contributed by atoms with Crippen LogP contribution in [0.2, 0.25) is 0 Å². The van der Waals surface area contributed by atoms with E-state index in [1.165, 1.54) is 0 Å². The van der Waals surface area contributed by atoms with Crippen molar-refractivity contribution in [1.29, 1.82) is 0 Å². The monoisotopic (exact) mass is 466 g/mol. The first-order valence-electron chi connectivity index (χ1n) is 12.6. The number of Topliss-reactive ketones (excluding diaryl/α,β-unsaturated/α-hetero) is 1. The number of rotatable bonds is 8. The van der Waals surface area contributed by atoms with E-state index in [1.807, 2.05) is 62.4 Å². The van der Waals surface area contributed by atoms with Gasteiger partial charge < -0.3 is 9.64 Å². The second-order valence-electron chi connectivity index (χ2n) is 9.12. The number of benzene rings is 2.